The first kappa shape index (κ1) is 15.5. The molecule has 2 rings (SSSR count). The molecule has 6 heteroatoms. The Balaban J connectivity index is 2.34. The lowest BCUT2D eigenvalue weighted by Crippen LogP contribution is -2.22. The molecule has 1 heterocycles. The van der Waals surface area contributed by atoms with Crippen molar-refractivity contribution in [3.63, 3.8) is 0 Å². The Kier molecular flexibility index (Phi) is 4.98. The summed E-state index contributed by atoms with van der Waals surface area (Å²) in [7, 11) is 1.98. The largest absolute Gasteiger partial charge is 0.355 e. The van der Waals surface area contributed by atoms with Gasteiger partial charge < -0.3 is 10.3 Å². The maximum Gasteiger partial charge on any atom is 0.148 e. The summed E-state index contributed by atoms with van der Waals surface area (Å²) in [6.07, 6.45) is 0.752. The minimum Gasteiger partial charge on any atom is -0.355 e. The Hall–Kier alpha value is -1.85. The normalized spacial score (nSPS) is 10.5. The molecule has 1 aromatic heterocycles. The zero-order valence-corrected chi connectivity index (χ0v) is 13.3. The molecule has 5 nitrogen and oxygen atoms in total. The van der Waals surface area contributed by atoms with E-state index >= 15 is 0 Å². The number of rotatable bonds is 5. The predicted octanol–water partition coefficient (Wildman–Crippen LogP) is 2.92. The second kappa shape index (κ2) is 6.74. The lowest BCUT2D eigenvalue weighted by atomic mass is 10.2. The average Bonchev–Trinajstić information content (AvgIpc) is 2.49. The van der Waals surface area contributed by atoms with E-state index in [2.05, 4.69) is 20.3 Å². The van der Waals surface area contributed by atoms with Crippen LogP contribution in [0.15, 0.2) is 24.3 Å². The van der Waals surface area contributed by atoms with Crippen LogP contribution in [0, 0.1) is 6.92 Å². The van der Waals surface area contributed by atoms with Crippen LogP contribution in [0.4, 0.5) is 11.6 Å². The van der Waals surface area contributed by atoms with E-state index in [0.717, 1.165) is 34.2 Å². The molecule has 0 aliphatic carbocycles. The first-order chi connectivity index (χ1) is 10.1. The highest BCUT2D eigenvalue weighted by Crippen LogP contribution is 2.25. The van der Waals surface area contributed by atoms with Crippen molar-refractivity contribution in [2.45, 2.75) is 26.8 Å². The highest BCUT2D eigenvalue weighted by atomic mass is 35.5. The van der Waals surface area contributed by atoms with Gasteiger partial charge in [-0.15, -0.1) is 0 Å². The van der Waals surface area contributed by atoms with Gasteiger partial charge in [0.25, 0.3) is 0 Å². The Morgan fingerprint density at radius 3 is 2.62 bits per heavy atom. The summed E-state index contributed by atoms with van der Waals surface area (Å²) in [4.78, 5) is 11.0. The predicted molar refractivity (Wildman–Crippen MR) is 87.5 cm³/mol. The van der Waals surface area contributed by atoms with Crippen LogP contribution in [0.5, 0.6) is 0 Å². The summed E-state index contributed by atoms with van der Waals surface area (Å²) in [6.45, 7) is 4.64. The van der Waals surface area contributed by atoms with Gasteiger partial charge in [-0.25, -0.2) is 15.8 Å². The van der Waals surface area contributed by atoms with Crippen LogP contribution in [0.25, 0.3) is 0 Å². The zero-order chi connectivity index (χ0) is 15.4. The number of hydrogen-bond acceptors (Lipinski definition) is 5. The van der Waals surface area contributed by atoms with Crippen molar-refractivity contribution >= 4 is 23.2 Å². The number of aromatic nitrogens is 2. The van der Waals surface area contributed by atoms with Gasteiger partial charge in [0.2, 0.25) is 0 Å². The van der Waals surface area contributed by atoms with Crippen molar-refractivity contribution in [1.29, 1.82) is 0 Å². The van der Waals surface area contributed by atoms with E-state index in [-0.39, 0.29) is 0 Å². The topological polar surface area (TPSA) is 67.1 Å². The van der Waals surface area contributed by atoms with Gasteiger partial charge >= 0.3 is 0 Å². The molecular formula is C15H20ClN5. The summed E-state index contributed by atoms with van der Waals surface area (Å²) in [6, 6.07) is 7.81. The average molecular weight is 306 g/mol. The highest BCUT2D eigenvalue weighted by Gasteiger charge is 2.14. The Morgan fingerprint density at radius 2 is 2.00 bits per heavy atom. The molecule has 0 atom stereocenters. The van der Waals surface area contributed by atoms with Crippen molar-refractivity contribution in [3.05, 3.63) is 46.2 Å². The molecule has 0 radical (unpaired) electrons. The van der Waals surface area contributed by atoms with Crippen molar-refractivity contribution in [3.8, 4) is 0 Å². The van der Waals surface area contributed by atoms with Gasteiger partial charge in [0.1, 0.15) is 17.5 Å². The maximum atomic E-state index is 6.22. The fraction of sp³-hybridized carbons (Fsp3) is 0.333. The van der Waals surface area contributed by atoms with Gasteiger partial charge in [0.05, 0.1) is 0 Å². The molecule has 0 amide bonds. The lowest BCUT2D eigenvalue weighted by Gasteiger charge is -2.22. The van der Waals surface area contributed by atoms with Crippen molar-refractivity contribution in [1.82, 2.24) is 9.97 Å². The van der Waals surface area contributed by atoms with Crippen molar-refractivity contribution in [2.75, 3.05) is 17.4 Å². The van der Waals surface area contributed by atoms with Gasteiger partial charge in [-0.05, 0) is 18.6 Å². The summed E-state index contributed by atoms with van der Waals surface area (Å²) in [5.41, 5.74) is 4.61. The fourth-order valence-corrected chi connectivity index (χ4v) is 2.37. The fourth-order valence-electron chi connectivity index (χ4n) is 2.18. The summed E-state index contributed by atoms with van der Waals surface area (Å²) < 4.78 is 0. The van der Waals surface area contributed by atoms with E-state index < -0.39 is 0 Å². The minimum absolute atomic E-state index is 0.655. The van der Waals surface area contributed by atoms with Gasteiger partial charge in [-0.1, -0.05) is 36.7 Å². The molecule has 1 aromatic carbocycles. The first-order valence-corrected chi connectivity index (χ1v) is 7.23. The maximum absolute atomic E-state index is 6.22. The van der Waals surface area contributed by atoms with Crippen LogP contribution in [0.2, 0.25) is 5.02 Å². The molecule has 0 unspecified atom stereocenters. The number of aryl methyl sites for hydroxylation is 1. The number of anilines is 2. The third kappa shape index (κ3) is 3.43. The number of hydrogen-bond donors (Lipinski definition) is 2. The molecule has 0 bridgehead atoms. The molecule has 2 aromatic rings. The monoisotopic (exact) mass is 305 g/mol. The van der Waals surface area contributed by atoms with E-state index in [9.17, 15) is 0 Å². The second-order valence-corrected chi connectivity index (χ2v) is 5.29. The van der Waals surface area contributed by atoms with E-state index in [1.54, 1.807) is 0 Å². The molecule has 21 heavy (non-hydrogen) atoms. The Bertz CT molecular complexity index is 629. The molecule has 0 saturated carbocycles. The molecule has 3 N–H and O–H groups in total. The van der Waals surface area contributed by atoms with E-state index in [4.69, 9.17) is 17.4 Å². The number of nitrogens with one attached hydrogen (secondary N) is 1. The molecule has 0 aliphatic rings. The zero-order valence-electron chi connectivity index (χ0n) is 12.5. The summed E-state index contributed by atoms with van der Waals surface area (Å²) in [5, 5.41) is 0.754. The van der Waals surface area contributed by atoms with E-state index in [1.807, 2.05) is 45.2 Å². The van der Waals surface area contributed by atoms with Crippen LogP contribution in [0.1, 0.15) is 23.9 Å². The number of nitrogens with zero attached hydrogens (tertiary/aromatic N) is 3. The number of hydrazine groups is 1. The number of benzene rings is 1. The molecule has 0 fully saturated rings. The van der Waals surface area contributed by atoms with Gasteiger partial charge in [-0.3, -0.25) is 0 Å². The summed E-state index contributed by atoms with van der Waals surface area (Å²) in [5.74, 6) is 7.81. The molecule has 112 valence electrons. The van der Waals surface area contributed by atoms with Crippen molar-refractivity contribution in [2.24, 2.45) is 5.84 Å². The van der Waals surface area contributed by atoms with Crippen LogP contribution < -0.4 is 16.2 Å². The van der Waals surface area contributed by atoms with Crippen molar-refractivity contribution < 1.29 is 0 Å². The highest BCUT2D eigenvalue weighted by molar-refractivity contribution is 6.31. The van der Waals surface area contributed by atoms with Crippen LogP contribution in [0.3, 0.4) is 0 Å². The van der Waals surface area contributed by atoms with E-state index in [1.165, 1.54) is 0 Å². The number of nitrogens with two attached hydrogens (primary N) is 1. The SMILES string of the molecule is CCc1nc(NN)c(C)c(N(C)Cc2ccccc2Cl)n1. The Morgan fingerprint density at radius 1 is 1.29 bits per heavy atom. The molecule has 0 aliphatic heterocycles. The number of halogens is 1. The minimum atomic E-state index is 0.655. The molecule has 0 spiro atoms. The first-order valence-electron chi connectivity index (χ1n) is 6.85. The lowest BCUT2D eigenvalue weighted by molar-refractivity contribution is 0.849. The van der Waals surface area contributed by atoms with Gasteiger partial charge in [0.15, 0.2) is 0 Å². The number of nitrogen functional groups attached to an aromatic ring is 1. The van der Waals surface area contributed by atoms with E-state index in [0.29, 0.717) is 12.4 Å². The second-order valence-electron chi connectivity index (χ2n) is 4.88. The van der Waals surface area contributed by atoms with Gasteiger partial charge in [0, 0.05) is 30.6 Å². The molecule has 0 saturated heterocycles. The third-order valence-electron chi connectivity index (χ3n) is 3.35. The van der Waals surface area contributed by atoms with Crippen LogP contribution in [-0.4, -0.2) is 17.0 Å². The molecular weight excluding hydrogens is 286 g/mol. The summed E-state index contributed by atoms with van der Waals surface area (Å²) >= 11 is 6.22. The smallest absolute Gasteiger partial charge is 0.148 e. The standard InChI is InChI=1S/C15H20ClN5/c1-4-13-18-14(20-17)10(2)15(19-13)21(3)9-11-7-5-6-8-12(11)16/h5-8H,4,9,17H2,1-3H3,(H,18,19,20). The Labute approximate surface area is 130 Å². The quantitative estimate of drug-likeness (QED) is 0.657. The van der Waals surface area contributed by atoms with Crippen LogP contribution in [-0.2, 0) is 13.0 Å². The third-order valence-corrected chi connectivity index (χ3v) is 3.72. The van der Waals surface area contributed by atoms with Crippen LogP contribution >= 0.6 is 11.6 Å². The van der Waals surface area contributed by atoms with Gasteiger partial charge in [-0.2, -0.15) is 0 Å².